The maximum atomic E-state index is 3.64. The molecule has 0 amide bonds. The van der Waals surface area contributed by atoms with Gasteiger partial charge in [0.2, 0.25) is 0 Å². The molecule has 0 bridgehead atoms. The fourth-order valence-electron chi connectivity index (χ4n) is 3.02. The minimum atomic E-state index is 0.870. The van der Waals surface area contributed by atoms with Gasteiger partial charge in [0.05, 0.1) is 0 Å². The average Bonchev–Trinajstić information content (AvgIpc) is 3.12. The van der Waals surface area contributed by atoms with Gasteiger partial charge in [-0.1, -0.05) is 24.3 Å². The van der Waals surface area contributed by atoms with Crippen LogP contribution < -0.4 is 5.32 Å². The summed E-state index contributed by atoms with van der Waals surface area (Å²) in [6, 6.07) is 9.62. The second-order valence-corrected chi connectivity index (χ2v) is 5.94. The quantitative estimate of drug-likeness (QED) is 0.856. The van der Waals surface area contributed by atoms with Crippen molar-refractivity contribution in [3.63, 3.8) is 0 Å². The van der Waals surface area contributed by atoms with Gasteiger partial charge in [-0.05, 0) is 56.3 Å². The predicted molar refractivity (Wildman–Crippen MR) is 75.6 cm³/mol. The molecule has 1 heterocycles. The zero-order chi connectivity index (χ0) is 12.4. The summed E-state index contributed by atoms with van der Waals surface area (Å²) >= 11 is 0. The monoisotopic (exact) mass is 244 g/mol. The maximum Gasteiger partial charge on any atom is 0.0208 e. The lowest BCUT2D eigenvalue weighted by molar-refractivity contribution is 0.312. The van der Waals surface area contributed by atoms with Crippen molar-refractivity contribution in [3.8, 4) is 0 Å². The SMILES string of the molecule is Cc1ccccc1CNCC1CCN(C2CC2)C1. The van der Waals surface area contributed by atoms with Crippen LogP contribution in [0.15, 0.2) is 24.3 Å². The van der Waals surface area contributed by atoms with Gasteiger partial charge in [0, 0.05) is 19.1 Å². The number of nitrogens with zero attached hydrogens (tertiary/aromatic N) is 1. The van der Waals surface area contributed by atoms with Crippen LogP contribution in [0.3, 0.4) is 0 Å². The summed E-state index contributed by atoms with van der Waals surface area (Å²) in [7, 11) is 0. The molecule has 1 aliphatic carbocycles. The molecule has 0 spiro atoms. The van der Waals surface area contributed by atoms with E-state index < -0.39 is 0 Å². The molecule has 1 atom stereocenters. The van der Waals surface area contributed by atoms with E-state index in [2.05, 4.69) is 41.4 Å². The Kier molecular flexibility index (Phi) is 3.67. The van der Waals surface area contributed by atoms with Crippen molar-refractivity contribution in [3.05, 3.63) is 35.4 Å². The summed E-state index contributed by atoms with van der Waals surface area (Å²) in [6.07, 6.45) is 4.28. The van der Waals surface area contributed by atoms with Gasteiger partial charge in [-0.25, -0.2) is 0 Å². The molecular formula is C16H24N2. The standard InChI is InChI=1S/C16H24N2/c1-13-4-2-3-5-15(13)11-17-10-14-8-9-18(12-14)16-6-7-16/h2-5,14,16-17H,6-12H2,1H3. The fourth-order valence-corrected chi connectivity index (χ4v) is 3.02. The summed E-state index contributed by atoms with van der Waals surface area (Å²) in [5.41, 5.74) is 2.84. The van der Waals surface area contributed by atoms with E-state index >= 15 is 0 Å². The molecule has 2 fully saturated rings. The van der Waals surface area contributed by atoms with Crippen molar-refractivity contribution in [1.82, 2.24) is 10.2 Å². The Balaban J connectivity index is 1.41. The van der Waals surface area contributed by atoms with Crippen molar-refractivity contribution < 1.29 is 0 Å². The Hall–Kier alpha value is -0.860. The van der Waals surface area contributed by atoms with Gasteiger partial charge in [0.1, 0.15) is 0 Å². The molecule has 1 aromatic carbocycles. The van der Waals surface area contributed by atoms with Crippen molar-refractivity contribution in [2.75, 3.05) is 19.6 Å². The maximum absolute atomic E-state index is 3.64. The molecule has 3 rings (SSSR count). The number of hydrogen-bond donors (Lipinski definition) is 1. The molecule has 1 aromatic rings. The third kappa shape index (κ3) is 2.93. The molecular weight excluding hydrogens is 220 g/mol. The van der Waals surface area contributed by atoms with Crippen molar-refractivity contribution in [2.45, 2.75) is 38.8 Å². The molecule has 2 nitrogen and oxygen atoms in total. The number of benzene rings is 1. The van der Waals surface area contributed by atoms with Crippen LogP contribution in [0.5, 0.6) is 0 Å². The van der Waals surface area contributed by atoms with Gasteiger partial charge in [-0.15, -0.1) is 0 Å². The average molecular weight is 244 g/mol. The van der Waals surface area contributed by atoms with E-state index in [9.17, 15) is 0 Å². The highest BCUT2D eigenvalue weighted by molar-refractivity contribution is 5.25. The Morgan fingerprint density at radius 1 is 1.22 bits per heavy atom. The zero-order valence-corrected chi connectivity index (χ0v) is 11.4. The zero-order valence-electron chi connectivity index (χ0n) is 11.4. The van der Waals surface area contributed by atoms with E-state index in [1.54, 1.807) is 0 Å². The van der Waals surface area contributed by atoms with Crippen molar-refractivity contribution in [1.29, 1.82) is 0 Å². The van der Waals surface area contributed by atoms with Gasteiger partial charge in [-0.3, -0.25) is 0 Å². The molecule has 98 valence electrons. The van der Waals surface area contributed by atoms with Crippen LogP contribution in [-0.2, 0) is 6.54 Å². The van der Waals surface area contributed by atoms with Crippen LogP contribution in [-0.4, -0.2) is 30.6 Å². The highest BCUT2D eigenvalue weighted by Gasteiger charge is 2.33. The van der Waals surface area contributed by atoms with E-state index in [1.807, 2.05) is 0 Å². The van der Waals surface area contributed by atoms with E-state index in [0.29, 0.717) is 0 Å². The van der Waals surface area contributed by atoms with Gasteiger partial charge in [0.25, 0.3) is 0 Å². The first-order valence-electron chi connectivity index (χ1n) is 7.32. The molecule has 2 heteroatoms. The summed E-state index contributed by atoms with van der Waals surface area (Å²) in [4.78, 5) is 2.69. The second kappa shape index (κ2) is 5.41. The molecule has 0 aromatic heterocycles. The third-order valence-electron chi connectivity index (χ3n) is 4.39. The van der Waals surface area contributed by atoms with E-state index in [-0.39, 0.29) is 0 Å². The lowest BCUT2D eigenvalue weighted by Crippen LogP contribution is -2.27. The lowest BCUT2D eigenvalue weighted by atomic mass is 10.1. The molecule has 1 N–H and O–H groups in total. The van der Waals surface area contributed by atoms with Gasteiger partial charge in [-0.2, -0.15) is 0 Å². The minimum absolute atomic E-state index is 0.870. The second-order valence-electron chi connectivity index (χ2n) is 5.94. The molecule has 1 unspecified atom stereocenters. The smallest absolute Gasteiger partial charge is 0.0208 e. The first-order chi connectivity index (χ1) is 8.83. The summed E-state index contributed by atoms with van der Waals surface area (Å²) in [6.45, 7) is 7.05. The normalized spacial score (nSPS) is 24.6. The largest absolute Gasteiger partial charge is 0.312 e. The highest BCUT2D eigenvalue weighted by Crippen LogP contribution is 2.31. The topological polar surface area (TPSA) is 15.3 Å². The summed E-state index contributed by atoms with van der Waals surface area (Å²) in [5.74, 6) is 0.870. The van der Waals surface area contributed by atoms with Crippen molar-refractivity contribution in [2.24, 2.45) is 5.92 Å². The summed E-state index contributed by atoms with van der Waals surface area (Å²) < 4.78 is 0. The molecule has 1 saturated heterocycles. The molecule has 1 aliphatic heterocycles. The van der Waals surface area contributed by atoms with E-state index in [4.69, 9.17) is 0 Å². The predicted octanol–water partition coefficient (Wildman–Crippen LogP) is 2.57. The number of rotatable bonds is 5. The molecule has 2 aliphatic rings. The molecule has 0 radical (unpaired) electrons. The Morgan fingerprint density at radius 3 is 2.83 bits per heavy atom. The van der Waals surface area contributed by atoms with Crippen LogP contribution in [0.1, 0.15) is 30.4 Å². The van der Waals surface area contributed by atoms with Gasteiger partial charge < -0.3 is 10.2 Å². The van der Waals surface area contributed by atoms with Crippen LogP contribution in [0.2, 0.25) is 0 Å². The number of hydrogen-bond acceptors (Lipinski definition) is 2. The van der Waals surface area contributed by atoms with E-state index in [1.165, 1.54) is 50.0 Å². The molecule has 18 heavy (non-hydrogen) atoms. The Bertz CT molecular complexity index is 398. The van der Waals surface area contributed by atoms with Crippen LogP contribution in [0, 0.1) is 12.8 Å². The number of likely N-dealkylation sites (tertiary alicyclic amines) is 1. The Labute approximate surface area is 110 Å². The van der Waals surface area contributed by atoms with Gasteiger partial charge in [0.15, 0.2) is 0 Å². The molecule has 1 saturated carbocycles. The van der Waals surface area contributed by atoms with Crippen LogP contribution >= 0.6 is 0 Å². The minimum Gasteiger partial charge on any atom is -0.312 e. The fraction of sp³-hybridized carbons (Fsp3) is 0.625. The van der Waals surface area contributed by atoms with Gasteiger partial charge >= 0.3 is 0 Å². The van der Waals surface area contributed by atoms with Crippen molar-refractivity contribution >= 4 is 0 Å². The lowest BCUT2D eigenvalue weighted by Gasteiger charge is -2.15. The Morgan fingerprint density at radius 2 is 2.06 bits per heavy atom. The van der Waals surface area contributed by atoms with Crippen LogP contribution in [0.25, 0.3) is 0 Å². The first-order valence-corrected chi connectivity index (χ1v) is 7.32. The first kappa shape index (κ1) is 12.2. The number of nitrogens with one attached hydrogen (secondary N) is 1. The number of aryl methyl sites for hydroxylation is 1. The third-order valence-corrected chi connectivity index (χ3v) is 4.39. The highest BCUT2D eigenvalue weighted by atomic mass is 15.2. The summed E-state index contributed by atoms with van der Waals surface area (Å²) in [5, 5.41) is 3.64. The van der Waals surface area contributed by atoms with E-state index in [0.717, 1.165) is 18.5 Å². The van der Waals surface area contributed by atoms with Crippen LogP contribution in [0.4, 0.5) is 0 Å².